The fraction of sp³-hybridized carbons (Fsp3) is 0.793. The summed E-state index contributed by atoms with van der Waals surface area (Å²) in [5.41, 5.74) is 8.70. The Morgan fingerprint density at radius 3 is 2.48 bits per heavy atom. The average molecular weight is 456 g/mol. The lowest BCUT2D eigenvalue weighted by molar-refractivity contribution is 0.0778. The first-order valence-electron chi connectivity index (χ1n) is 14.3. The molecule has 1 unspecified atom stereocenters. The molecule has 2 aliphatic carbocycles. The number of hydrogen-bond acceptors (Lipinski definition) is 4. The molecule has 0 radical (unpaired) electrons. The van der Waals surface area contributed by atoms with Gasteiger partial charge in [-0.1, -0.05) is 44.2 Å². The van der Waals surface area contributed by atoms with Crippen LogP contribution >= 0.6 is 0 Å². The van der Waals surface area contributed by atoms with Gasteiger partial charge in [-0.3, -0.25) is 4.90 Å². The van der Waals surface area contributed by atoms with Gasteiger partial charge in [0.05, 0.1) is 6.61 Å². The van der Waals surface area contributed by atoms with Gasteiger partial charge in [-0.05, 0) is 94.0 Å². The molecule has 0 bridgehead atoms. The van der Waals surface area contributed by atoms with Crippen LogP contribution in [0.3, 0.4) is 0 Å². The summed E-state index contributed by atoms with van der Waals surface area (Å²) in [5.74, 6) is 1.89. The Labute approximate surface area is 203 Å². The van der Waals surface area contributed by atoms with Crippen LogP contribution in [0.5, 0.6) is 5.75 Å². The second-order valence-electron chi connectivity index (χ2n) is 10.8. The van der Waals surface area contributed by atoms with Crippen LogP contribution in [0.2, 0.25) is 0 Å². The van der Waals surface area contributed by atoms with E-state index in [9.17, 15) is 0 Å². The van der Waals surface area contributed by atoms with Crippen molar-refractivity contribution in [3.8, 4) is 5.75 Å². The Bertz CT molecular complexity index is 679. The normalized spacial score (nSPS) is 22.9. The topological polar surface area (TPSA) is 41.7 Å². The van der Waals surface area contributed by atoms with Gasteiger partial charge in [0.15, 0.2) is 0 Å². The van der Waals surface area contributed by atoms with E-state index in [2.05, 4.69) is 28.0 Å². The van der Waals surface area contributed by atoms with Crippen LogP contribution in [0.1, 0.15) is 101 Å². The average Bonchev–Trinajstić information content (AvgIpc) is 2.87. The van der Waals surface area contributed by atoms with Gasteiger partial charge in [0.2, 0.25) is 0 Å². The van der Waals surface area contributed by atoms with E-state index in [1.165, 1.54) is 115 Å². The molecule has 0 spiro atoms. The Balaban J connectivity index is 1.19. The van der Waals surface area contributed by atoms with Crippen LogP contribution in [0.25, 0.3) is 0 Å². The maximum Gasteiger partial charge on any atom is 0.122 e. The first-order valence-corrected chi connectivity index (χ1v) is 14.3. The lowest BCUT2D eigenvalue weighted by Crippen LogP contribution is -2.50. The number of nitrogens with two attached hydrogens (primary N) is 1. The van der Waals surface area contributed by atoms with Gasteiger partial charge in [0.25, 0.3) is 0 Å². The van der Waals surface area contributed by atoms with Crippen LogP contribution in [0.4, 0.5) is 0 Å². The minimum atomic E-state index is 0.727. The first kappa shape index (κ1) is 25.0. The van der Waals surface area contributed by atoms with Crippen molar-refractivity contribution in [2.24, 2.45) is 5.73 Å². The minimum absolute atomic E-state index is 0.727. The molecule has 0 amide bonds. The summed E-state index contributed by atoms with van der Waals surface area (Å²) < 4.78 is 6.25. The summed E-state index contributed by atoms with van der Waals surface area (Å²) in [7, 11) is 0. The zero-order chi connectivity index (χ0) is 22.7. The van der Waals surface area contributed by atoms with Crippen molar-refractivity contribution in [1.29, 1.82) is 0 Å². The third kappa shape index (κ3) is 7.44. The van der Waals surface area contributed by atoms with Gasteiger partial charge in [-0.15, -0.1) is 0 Å². The quantitative estimate of drug-likeness (QED) is 0.408. The second-order valence-corrected chi connectivity index (χ2v) is 10.8. The largest absolute Gasteiger partial charge is 0.493 e. The van der Waals surface area contributed by atoms with Crippen LogP contribution in [-0.2, 0) is 6.42 Å². The number of hydrogen-bond donors (Lipinski definition) is 1. The van der Waals surface area contributed by atoms with Crippen LogP contribution < -0.4 is 10.5 Å². The first-order chi connectivity index (χ1) is 16.3. The highest BCUT2D eigenvalue weighted by molar-refractivity contribution is 5.43. The lowest BCUT2D eigenvalue weighted by atomic mass is 9.80. The van der Waals surface area contributed by atoms with Gasteiger partial charge in [-0.2, -0.15) is 0 Å². The monoisotopic (exact) mass is 455 g/mol. The van der Waals surface area contributed by atoms with Crippen LogP contribution in [0.15, 0.2) is 18.2 Å². The van der Waals surface area contributed by atoms with E-state index in [4.69, 9.17) is 10.5 Å². The second kappa shape index (κ2) is 13.7. The third-order valence-electron chi connectivity index (χ3n) is 8.47. The Morgan fingerprint density at radius 2 is 1.67 bits per heavy atom. The van der Waals surface area contributed by atoms with Crippen molar-refractivity contribution in [3.63, 3.8) is 0 Å². The highest BCUT2D eigenvalue weighted by atomic mass is 16.5. The molecule has 1 saturated heterocycles. The molecule has 1 heterocycles. The van der Waals surface area contributed by atoms with E-state index >= 15 is 0 Å². The number of ether oxygens (including phenoxy) is 1. The molecule has 1 saturated carbocycles. The summed E-state index contributed by atoms with van der Waals surface area (Å²) >= 11 is 0. The van der Waals surface area contributed by atoms with Gasteiger partial charge in [0.1, 0.15) is 5.75 Å². The molecule has 2 fully saturated rings. The highest BCUT2D eigenvalue weighted by Crippen LogP contribution is 2.39. The molecular weight excluding hydrogens is 406 g/mol. The number of fused-ring (bicyclic) bond motifs is 1. The number of unbranched alkanes of at least 4 members (excludes halogenated alkanes) is 3. The van der Waals surface area contributed by atoms with Gasteiger partial charge < -0.3 is 15.4 Å². The van der Waals surface area contributed by atoms with E-state index in [1.54, 1.807) is 5.56 Å². The summed E-state index contributed by atoms with van der Waals surface area (Å²) in [6.45, 7) is 8.09. The molecule has 0 aromatic heterocycles. The third-order valence-corrected chi connectivity index (χ3v) is 8.47. The molecular formula is C29H49N3O. The molecule has 3 aliphatic rings. The smallest absolute Gasteiger partial charge is 0.122 e. The summed E-state index contributed by atoms with van der Waals surface area (Å²) in [5, 5.41) is 0. The van der Waals surface area contributed by atoms with E-state index in [1.807, 2.05) is 0 Å². The molecule has 186 valence electrons. The van der Waals surface area contributed by atoms with E-state index in [0.717, 1.165) is 43.7 Å². The van der Waals surface area contributed by atoms with Crippen LogP contribution in [0, 0.1) is 0 Å². The fourth-order valence-corrected chi connectivity index (χ4v) is 6.49. The van der Waals surface area contributed by atoms with Crippen molar-refractivity contribution < 1.29 is 4.74 Å². The lowest BCUT2D eigenvalue weighted by Gasteiger charge is -2.41. The molecule has 1 aromatic carbocycles. The maximum atomic E-state index is 6.25. The molecule has 1 atom stereocenters. The van der Waals surface area contributed by atoms with Gasteiger partial charge in [0, 0.05) is 32.2 Å². The molecule has 4 heteroatoms. The predicted octanol–water partition coefficient (Wildman–Crippen LogP) is 5.73. The van der Waals surface area contributed by atoms with Crippen LogP contribution in [-0.4, -0.2) is 61.7 Å². The summed E-state index contributed by atoms with van der Waals surface area (Å²) in [6, 6.07) is 7.70. The van der Waals surface area contributed by atoms with Gasteiger partial charge >= 0.3 is 0 Å². The predicted molar refractivity (Wildman–Crippen MR) is 139 cm³/mol. The standard InChI is InChI=1S/C29H49N3O/c30-18-6-1-2-7-24-33-29-17-9-15-27-25(11-8-16-28(27)29)12-10-19-31-20-22-32(23-21-31)26-13-4-3-5-14-26/h9,15,17,25-26H,1-8,10-14,16,18-24,30H2. The molecule has 1 aromatic rings. The Kier molecular flexibility index (Phi) is 10.4. The Hall–Kier alpha value is -1.10. The van der Waals surface area contributed by atoms with Crippen molar-refractivity contribution in [1.82, 2.24) is 9.80 Å². The minimum Gasteiger partial charge on any atom is -0.493 e. The summed E-state index contributed by atoms with van der Waals surface area (Å²) in [4.78, 5) is 5.53. The fourth-order valence-electron chi connectivity index (χ4n) is 6.49. The summed E-state index contributed by atoms with van der Waals surface area (Å²) in [6.07, 6.45) is 18.5. The van der Waals surface area contributed by atoms with E-state index in [-0.39, 0.29) is 0 Å². The number of benzene rings is 1. The highest BCUT2D eigenvalue weighted by Gasteiger charge is 2.26. The molecule has 33 heavy (non-hydrogen) atoms. The molecule has 2 N–H and O–H groups in total. The zero-order valence-corrected chi connectivity index (χ0v) is 21.1. The van der Waals surface area contributed by atoms with Crippen molar-refractivity contribution in [3.05, 3.63) is 29.3 Å². The van der Waals surface area contributed by atoms with Crippen molar-refractivity contribution >= 4 is 0 Å². The number of nitrogens with zero attached hydrogens (tertiary/aromatic N) is 2. The molecule has 4 nitrogen and oxygen atoms in total. The maximum absolute atomic E-state index is 6.25. The zero-order valence-electron chi connectivity index (χ0n) is 21.1. The van der Waals surface area contributed by atoms with E-state index in [0.29, 0.717) is 0 Å². The van der Waals surface area contributed by atoms with E-state index < -0.39 is 0 Å². The Morgan fingerprint density at radius 1 is 0.848 bits per heavy atom. The number of rotatable bonds is 12. The molecule has 1 aliphatic heterocycles. The SMILES string of the molecule is NCCCCCCOc1cccc2c1CCCC2CCCN1CCN(C2CCCCC2)CC1. The van der Waals surface area contributed by atoms with Gasteiger partial charge in [-0.25, -0.2) is 0 Å². The van der Waals surface area contributed by atoms with Crippen molar-refractivity contribution in [2.75, 3.05) is 45.9 Å². The molecule has 4 rings (SSSR count). The number of piperazine rings is 1. The van der Waals surface area contributed by atoms with Crippen molar-refractivity contribution in [2.45, 2.75) is 102 Å².